The fourth-order valence-electron chi connectivity index (χ4n) is 1.78. The third-order valence-electron chi connectivity index (χ3n) is 3.51. The molecule has 6 nitrogen and oxygen atoms in total. The fourth-order valence-corrected chi connectivity index (χ4v) is 2.75. The Balaban J connectivity index is 0.000000249. The van der Waals surface area contributed by atoms with Crippen molar-refractivity contribution >= 4 is 10.1 Å². The number of aryl methyl sites for hydroxylation is 1. The Morgan fingerprint density at radius 3 is 1.92 bits per heavy atom. The largest absolute Gasteiger partial charge is 0.393 e. The Labute approximate surface area is 139 Å². The van der Waals surface area contributed by atoms with Gasteiger partial charge in [-0.3, -0.25) is 4.18 Å². The smallest absolute Gasteiger partial charge is 0.297 e. The van der Waals surface area contributed by atoms with Gasteiger partial charge in [-0.05, 0) is 19.1 Å². The van der Waals surface area contributed by atoms with Crippen molar-refractivity contribution in [2.24, 2.45) is 0 Å². The van der Waals surface area contributed by atoms with Gasteiger partial charge in [-0.2, -0.15) is 8.42 Å². The number of rotatable bonds is 5. The Bertz CT molecular complexity index is 633. The van der Waals surface area contributed by atoms with Crippen LogP contribution in [0, 0.1) is 6.92 Å². The van der Waals surface area contributed by atoms with Crippen molar-refractivity contribution in [1.29, 1.82) is 0 Å². The molecular weight excluding hydrogens is 346 g/mol. The molecule has 0 amide bonds. The summed E-state index contributed by atoms with van der Waals surface area (Å²) < 4.78 is 63.0. The first-order valence-corrected chi connectivity index (χ1v) is 8.69. The second-order valence-electron chi connectivity index (χ2n) is 5.97. The second kappa shape index (κ2) is 7.40. The molecule has 0 atom stereocenters. The summed E-state index contributed by atoms with van der Waals surface area (Å²) in [5, 5.41) is 8.19. The van der Waals surface area contributed by atoms with Gasteiger partial charge in [0.1, 0.15) is 6.61 Å². The topological polar surface area (TPSA) is 82.1 Å². The van der Waals surface area contributed by atoms with Crippen LogP contribution in [0.3, 0.4) is 0 Å². The SMILES string of the molecule is Cc1ccc(S(=O)(=O)OCC2(F)COC2)cc1.OCC1(F)COC1. The van der Waals surface area contributed by atoms with Gasteiger partial charge in [-0.1, -0.05) is 17.7 Å². The van der Waals surface area contributed by atoms with E-state index >= 15 is 0 Å². The number of aliphatic hydroxyl groups excluding tert-OH is 1. The molecule has 0 bridgehead atoms. The van der Waals surface area contributed by atoms with Gasteiger partial charge in [0.15, 0.2) is 11.3 Å². The van der Waals surface area contributed by atoms with Gasteiger partial charge in [-0.15, -0.1) is 0 Å². The highest BCUT2D eigenvalue weighted by Gasteiger charge is 2.40. The number of ether oxygens (including phenoxy) is 2. The lowest BCUT2D eigenvalue weighted by Gasteiger charge is -2.32. The molecule has 24 heavy (non-hydrogen) atoms. The molecule has 1 aromatic rings. The molecule has 1 N–H and O–H groups in total. The number of benzene rings is 1. The van der Waals surface area contributed by atoms with Crippen molar-refractivity contribution in [3.63, 3.8) is 0 Å². The average molecular weight is 366 g/mol. The van der Waals surface area contributed by atoms with Crippen LogP contribution in [0.4, 0.5) is 8.78 Å². The quantitative estimate of drug-likeness (QED) is 0.788. The summed E-state index contributed by atoms with van der Waals surface area (Å²) >= 11 is 0. The van der Waals surface area contributed by atoms with Crippen LogP contribution in [-0.4, -0.2) is 64.5 Å². The average Bonchev–Trinajstić information content (AvgIpc) is 2.50. The van der Waals surface area contributed by atoms with Crippen LogP contribution < -0.4 is 0 Å². The molecule has 2 fully saturated rings. The van der Waals surface area contributed by atoms with E-state index in [1.54, 1.807) is 12.1 Å². The maximum absolute atomic E-state index is 13.5. The van der Waals surface area contributed by atoms with Crippen LogP contribution in [0.25, 0.3) is 0 Å². The van der Waals surface area contributed by atoms with E-state index in [0.717, 1.165) is 5.56 Å². The minimum Gasteiger partial charge on any atom is -0.393 e. The van der Waals surface area contributed by atoms with E-state index in [0.29, 0.717) is 0 Å². The van der Waals surface area contributed by atoms with Crippen LogP contribution in [0.2, 0.25) is 0 Å². The molecule has 0 aliphatic carbocycles. The molecule has 3 rings (SSSR count). The van der Waals surface area contributed by atoms with Crippen molar-refractivity contribution < 1.29 is 36.0 Å². The van der Waals surface area contributed by atoms with E-state index in [9.17, 15) is 17.2 Å². The number of hydrogen-bond acceptors (Lipinski definition) is 6. The standard InChI is InChI=1S/C11H13FO4S.C4H7FO2/c1-9-2-4-10(5-3-9)17(13,14)16-8-11(12)6-15-7-11;5-4(1-6)2-7-3-4/h2-5H,6-8H2,1H3;6H,1-3H2. The van der Waals surface area contributed by atoms with E-state index < -0.39 is 34.7 Å². The van der Waals surface area contributed by atoms with Crippen LogP contribution in [0.15, 0.2) is 29.2 Å². The third-order valence-corrected chi connectivity index (χ3v) is 4.79. The summed E-state index contributed by atoms with van der Waals surface area (Å²) in [7, 11) is -3.88. The van der Waals surface area contributed by atoms with Gasteiger partial charge in [0.25, 0.3) is 10.1 Å². The summed E-state index contributed by atoms with van der Waals surface area (Å²) in [6.07, 6.45) is 0. The lowest BCUT2D eigenvalue weighted by atomic mass is 10.1. The number of alkyl halides is 2. The molecule has 0 spiro atoms. The highest BCUT2D eigenvalue weighted by atomic mass is 32.2. The van der Waals surface area contributed by atoms with Gasteiger partial charge in [0.05, 0.1) is 37.9 Å². The first-order chi connectivity index (χ1) is 11.2. The van der Waals surface area contributed by atoms with Crippen LogP contribution in [0.1, 0.15) is 5.56 Å². The molecule has 0 aromatic heterocycles. The number of halogens is 2. The van der Waals surface area contributed by atoms with E-state index in [1.807, 2.05) is 6.92 Å². The van der Waals surface area contributed by atoms with Gasteiger partial charge in [0.2, 0.25) is 0 Å². The Morgan fingerprint density at radius 1 is 1.08 bits per heavy atom. The van der Waals surface area contributed by atoms with E-state index in [1.165, 1.54) is 12.1 Å². The predicted molar refractivity (Wildman–Crippen MR) is 80.7 cm³/mol. The summed E-state index contributed by atoms with van der Waals surface area (Å²) in [4.78, 5) is 0.0342. The minimum atomic E-state index is -3.88. The monoisotopic (exact) mass is 366 g/mol. The molecule has 0 unspecified atom stereocenters. The molecule has 2 heterocycles. The molecule has 2 aliphatic rings. The molecular formula is C15H20F2O6S. The Kier molecular flexibility index (Phi) is 5.92. The zero-order valence-electron chi connectivity index (χ0n) is 13.2. The van der Waals surface area contributed by atoms with Gasteiger partial charge in [0, 0.05) is 0 Å². The summed E-state index contributed by atoms with van der Waals surface area (Å²) in [5.74, 6) is 0. The third kappa shape index (κ3) is 4.93. The number of hydrogen-bond donors (Lipinski definition) is 1. The van der Waals surface area contributed by atoms with Gasteiger partial charge >= 0.3 is 0 Å². The number of aliphatic hydroxyl groups is 1. The molecule has 2 aliphatic heterocycles. The van der Waals surface area contributed by atoms with Crippen molar-refractivity contribution in [1.82, 2.24) is 0 Å². The Morgan fingerprint density at radius 2 is 1.58 bits per heavy atom. The van der Waals surface area contributed by atoms with Crippen LogP contribution in [-0.2, 0) is 23.8 Å². The molecule has 136 valence electrons. The molecule has 9 heteroatoms. The first-order valence-electron chi connectivity index (χ1n) is 7.28. The van der Waals surface area contributed by atoms with Crippen LogP contribution >= 0.6 is 0 Å². The maximum atomic E-state index is 13.5. The maximum Gasteiger partial charge on any atom is 0.297 e. The summed E-state index contributed by atoms with van der Waals surface area (Å²) in [6.45, 7) is 0.829. The molecule has 0 saturated carbocycles. The van der Waals surface area contributed by atoms with Crippen molar-refractivity contribution in [2.75, 3.05) is 39.6 Å². The fraction of sp³-hybridized carbons (Fsp3) is 0.600. The Hall–Kier alpha value is -1.13. The lowest BCUT2D eigenvalue weighted by molar-refractivity contribution is -0.150. The lowest BCUT2D eigenvalue weighted by Crippen LogP contribution is -2.49. The zero-order chi connectivity index (χ0) is 17.8. The first kappa shape index (κ1) is 19.2. The van der Waals surface area contributed by atoms with Crippen molar-refractivity contribution in [3.05, 3.63) is 29.8 Å². The zero-order valence-corrected chi connectivity index (χ0v) is 14.0. The highest BCUT2D eigenvalue weighted by molar-refractivity contribution is 7.86. The normalized spacial score (nSPS) is 21.0. The van der Waals surface area contributed by atoms with Crippen molar-refractivity contribution in [3.8, 4) is 0 Å². The summed E-state index contributed by atoms with van der Waals surface area (Å²) in [6, 6.07) is 6.20. The van der Waals surface area contributed by atoms with E-state index in [2.05, 4.69) is 13.7 Å². The van der Waals surface area contributed by atoms with Gasteiger partial charge in [-0.25, -0.2) is 8.78 Å². The van der Waals surface area contributed by atoms with Crippen LogP contribution in [0.5, 0.6) is 0 Å². The van der Waals surface area contributed by atoms with E-state index in [-0.39, 0.29) is 31.3 Å². The van der Waals surface area contributed by atoms with Gasteiger partial charge < -0.3 is 14.6 Å². The molecule has 1 aromatic carbocycles. The minimum absolute atomic E-state index is 0.0342. The summed E-state index contributed by atoms with van der Waals surface area (Å²) in [5.41, 5.74) is -2.13. The second-order valence-corrected chi connectivity index (χ2v) is 7.59. The van der Waals surface area contributed by atoms with E-state index in [4.69, 9.17) is 5.11 Å². The molecule has 0 radical (unpaired) electrons. The predicted octanol–water partition coefficient (Wildman–Crippen LogP) is 1.16. The highest BCUT2D eigenvalue weighted by Crippen LogP contribution is 2.24. The van der Waals surface area contributed by atoms with Crippen molar-refractivity contribution in [2.45, 2.75) is 23.2 Å². The molecule has 2 saturated heterocycles.